The summed E-state index contributed by atoms with van der Waals surface area (Å²) in [6, 6.07) is 11.5. The molecule has 0 aliphatic carbocycles. The monoisotopic (exact) mass is 395 g/mol. The van der Waals surface area contributed by atoms with Crippen molar-refractivity contribution in [1.82, 2.24) is 5.43 Å². The van der Waals surface area contributed by atoms with Crippen LogP contribution in [0.5, 0.6) is 0 Å². The molecule has 0 aromatic heterocycles. The Morgan fingerprint density at radius 3 is 2.65 bits per heavy atom. The van der Waals surface area contributed by atoms with E-state index in [2.05, 4.69) is 26.5 Å². The van der Waals surface area contributed by atoms with Crippen molar-refractivity contribution in [3.63, 3.8) is 0 Å². The molecule has 1 N–H and O–H groups in total. The SMILES string of the molecule is O=C(Cc1ccc(Cl)cc1)N/N=C\c1ccc(Br)c([N+](=O)[O-])c1. The van der Waals surface area contributed by atoms with Crippen LogP contribution in [0.15, 0.2) is 52.0 Å². The number of halogens is 2. The lowest BCUT2D eigenvalue weighted by Crippen LogP contribution is -2.19. The molecule has 6 nitrogen and oxygen atoms in total. The number of rotatable bonds is 5. The van der Waals surface area contributed by atoms with Crippen molar-refractivity contribution in [3.8, 4) is 0 Å². The third-order valence-electron chi connectivity index (χ3n) is 2.85. The lowest BCUT2D eigenvalue weighted by atomic mass is 10.1. The Bertz CT molecular complexity index is 763. The highest BCUT2D eigenvalue weighted by Gasteiger charge is 2.11. The van der Waals surface area contributed by atoms with E-state index in [9.17, 15) is 14.9 Å². The number of carbonyl (C=O) groups excluding carboxylic acids is 1. The summed E-state index contributed by atoms with van der Waals surface area (Å²) in [5.41, 5.74) is 3.62. The van der Waals surface area contributed by atoms with E-state index in [0.29, 0.717) is 15.1 Å². The van der Waals surface area contributed by atoms with Gasteiger partial charge in [-0.3, -0.25) is 14.9 Å². The van der Waals surface area contributed by atoms with E-state index in [1.54, 1.807) is 36.4 Å². The zero-order valence-corrected chi connectivity index (χ0v) is 14.0. The fourth-order valence-corrected chi connectivity index (χ4v) is 2.27. The van der Waals surface area contributed by atoms with Crippen molar-refractivity contribution in [3.05, 3.63) is 73.2 Å². The Balaban J connectivity index is 1.96. The van der Waals surface area contributed by atoms with Crippen LogP contribution in [-0.2, 0) is 11.2 Å². The molecule has 0 heterocycles. The molecule has 0 saturated carbocycles. The third kappa shape index (κ3) is 5.15. The van der Waals surface area contributed by atoms with Crippen LogP contribution in [0.1, 0.15) is 11.1 Å². The summed E-state index contributed by atoms with van der Waals surface area (Å²) >= 11 is 8.87. The molecule has 23 heavy (non-hydrogen) atoms. The number of hydrogen-bond acceptors (Lipinski definition) is 4. The van der Waals surface area contributed by atoms with Gasteiger partial charge in [0.25, 0.3) is 5.69 Å². The number of nitrogens with zero attached hydrogens (tertiary/aromatic N) is 2. The van der Waals surface area contributed by atoms with Crippen molar-refractivity contribution < 1.29 is 9.72 Å². The standard InChI is InChI=1S/C15H11BrClN3O3/c16-13-6-3-11(7-14(13)20(22)23)9-18-19-15(21)8-10-1-4-12(17)5-2-10/h1-7,9H,8H2,(H,19,21)/b18-9-. The van der Waals surface area contributed by atoms with Gasteiger partial charge in [0.1, 0.15) is 0 Å². The van der Waals surface area contributed by atoms with Crippen molar-refractivity contribution in [2.75, 3.05) is 0 Å². The first-order valence-corrected chi connectivity index (χ1v) is 7.63. The molecule has 2 aromatic carbocycles. The molecule has 0 aliphatic heterocycles. The molecular formula is C15H11BrClN3O3. The van der Waals surface area contributed by atoms with Crippen LogP contribution in [0.4, 0.5) is 5.69 Å². The van der Waals surface area contributed by atoms with Gasteiger partial charge in [-0.15, -0.1) is 0 Å². The third-order valence-corrected chi connectivity index (χ3v) is 3.77. The van der Waals surface area contributed by atoms with E-state index in [1.165, 1.54) is 12.3 Å². The molecule has 0 fully saturated rings. The van der Waals surface area contributed by atoms with Crippen molar-refractivity contribution in [1.29, 1.82) is 0 Å². The van der Waals surface area contributed by atoms with Gasteiger partial charge in [-0.25, -0.2) is 5.43 Å². The Morgan fingerprint density at radius 1 is 1.30 bits per heavy atom. The van der Waals surface area contributed by atoms with E-state index >= 15 is 0 Å². The minimum Gasteiger partial charge on any atom is -0.273 e. The molecule has 2 rings (SSSR count). The van der Waals surface area contributed by atoms with E-state index in [-0.39, 0.29) is 18.0 Å². The number of nitro benzene ring substituents is 1. The van der Waals surface area contributed by atoms with E-state index in [4.69, 9.17) is 11.6 Å². The van der Waals surface area contributed by atoms with Crippen LogP contribution in [-0.4, -0.2) is 17.0 Å². The minimum absolute atomic E-state index is 0.0681. The Labute approximate surface area is 145 Å². The normalized spacial score (nSPS) is 10.7. The zero-order valence-electron chi connectivity index (χ0n) is 11.7. The molecule has 0 bridgehead atoms. The average molecular weight is 397 g/mol. The molecule has 8 heteroatoms. The number of benzene rings is 2. The topological polar surface area (TPSA) is 84.6 Å². The Morgan fingerprint density at radius 2 is 2.00 bits per heavy atom. The lowest BCUT2D eigenvalue weighted by molar-refractivity contribution is -0.385. The maximum absolute atomic E-state index is 11.7. The molecule has 1 amide bonds. The largest absolute Gasteiger partial charge is 0.284 e. The fourth-order valence-electron chi connectivity index (χ4n) is 1.76. The van der Waals surface area contributed by atoms with Crippen molar-refractivity contribution in [2.45, 2.75) is 6.42 Å². The van der Waals surface area contributed by atoms with Crippen LogP contribution in [0.3, 0.4) is 0 Å². The molecular weight excluding hydrogens is 386 g/mol. The van der Waals surface area contributed by atoms with Crippen molar-refractivity contribution >= 4 is 45.3 Å². The van der Waals surface area contributed by atoms with Gasteiger partial charge < -0.3 is 0 Å². The second-order valence-electron chi connectivity index (χ2n) is 4.56. The van der Waals surface area contributed by atoms with Crippen molar-refractivity contribution in [2.24, 2.45) is 5.10 Å². The molecule has 0 radical (unpaired) electrons. The summed E-state index contributed by atoms with van der Waals surface area (Å²) in [6.07, 6.45) is 1.51. The van der Waals surface area contributed by atoms with Gasteiger partial charge in [0.15, 0.2) is 0 Å². The van der Waals surface area contributed by atoms with E-state index in [0.717, 1.165) is 5.56 Å². The fraction of sp³-hybridized carbons (Fsp3) is 0.0667. The number of hydrazone groups is 1. The van der Waals surface area contributed by atoms with Gasteiger partial charge in [-0.05, 0) is 39.7 Å². The highest BCUT2D eigenvalue weighted by atomic mass is 79.9. The summed E-state index contributed by atoms with van der Waals surface area (Å²) in [5, 5.41) is 15.2. The molecule has 0 atom stereocenters. The smallest absolute Gasteiger partial charge is 0.273 e. The second kappa shape index (κ2) is 7.85. The summed E-state index contributed by atoms with van der Waals surface area (Å²) in [5.74, 6) is -0.296. The quantitative estimate of drug-likeness (QED) is 0.475. The first-order chi connectivity index (χ1) is 11.0. The van der Waals surface area contributed by atoms with Gasteiger partial charge >= 0.3 is 0 Å². The van der Waals surface area contributed by atoms with Gasteiger partial charge in [0.2, 0.25) is 5.91 Å². The number of hydrogen-bond donors (Lipinski definition) is 1. The molecule has 0 saturated heterocycles. The predicted molar refractivity (Wildman–Crippen MR) is 91.7 cm³/mol. The van der Waals surface area contributed by atoms with Gasteiger partial charge in [-0.2, -0.15) is 5.10 Å². The number of nitro groups is 1. The lowest BCUT2D eigenvalue weighted by Gasteiger charge is -2.01. The summed E-state index contributed by atoms with van der Waals surface area (Å²) < 4.78 is 0.381. The molecule has 118 valence electrons. The van der Waals surface area contributed by atoms with Gasteiger partial charge in [-0.1, -0.05) is 29.8 Å². The number of nitrogens with one attached hydrogen (secondary N) is 1. The maximum Gasteiger partial charge on any atom is 0.284 e. The number of amides is 1. The maximum atomic E-state index is 11.7. The molecule has 0 spiro atoms. The summed E-state index contributed by atoms with van der Waals surface area (Å²) in [4.78, 5) is 22.1. The van der Waals surface area contributed by atoms with E-state index < -0.39 is 4.92 Å². The molecule has 2 aromatic rings. The Hall–Kier alpha value is -2.25. The average Bonchev–Trinajstić information content (AvgIpc) is 2.51. The Kier molecular flexibility index (Phi) is 5.84. The van der Waals surface area contributed by atoms with Gasteiger partial charge in [0, 0.05) is 16.7 Å². The minimum atomic E-state index is -0.499. The molecule has 0 unspecified atom stereocenters. The highest BCUT2D eigenvalue weighted by molar-refractivity contribution is 9.10. The zero-order chi connectivity index (χ0) is 16.8. The highest BCUT2D eigenvalue weighted by Crippen LogP contribution is 2.24. The first-order valence-electron chi connectivity index (χ1n) is 6.46. The van der Waals surface area contributed by atoms with Crippen LogP contribution in [0.25, 0.3) is 0 Å². The predicted octanol–water partition coefficient (Wildman–Crippen LogP) is 3.70. The molecule has 0 aliphatic rings. The summed E-state index contributed by atoms with van der Waals surface area (Å²) in [6.45, 7) is 0. The van der Waals surface area contributed by atoms with Crippen LogP contribution in [0, 0.1) is 10.1 Å². The van der Waals surface area contributed by atoms with Gasteiger partial charge in [0.05, 0.1) is 22.0 Å². The van der Waals surface area contributed by atoms with E-state index in [1.807, 2.05) is 0 Å². The van der Waals surface area contributed by atoms with Crippen LogP contribution >= 0.6 is 27.5 Å². The second-order valence-corrected chi connectivity index (χ2v) is 5.86. The van der Waals surface area contributed by atoms with Crippen LogP contribution in [0.2, 0.25) is 5.02 Å². The summed E-state index contributed by atoms with van der Waals surface area (Å²) in [7, 11) is 0. The first kappa shape index (κ1) is 17.1. The van der Waals surface area contributed by atoms with Crippen LogP contribution < -0.4 is 5.43 Å². The number of carbonyl (C=O) groups is 1.